The zero-order valence-electron chi connectivity index (χ0n) is 7.93. The van der Waals surface area contributed by atoms with Gasteiger partial charge in [0, 0.05) is 11.4 Å². The molecule has 0 aliphatic heterocycles. The summed E-state index contributed by atoms with van der Waals surface area (Å²) in [7, 11) is 0. The summed E-state index contributed by atoms with van der Waals surface area (Å²) in [5.41, 5.74) is 1.55. The lowest BCUT2D eigenvalue weighted by molar-refractivity contribution is -0.380. The highest BCUT2D eigenvalue weighted by atomic mass is 32.1. The molecular formula is C9H11NO3S. The van der Waals surface area contributed by atoms with Crippen LogP contribution in [0.25, 0.3) is 6.08 Å². The van der Waals surface area contributed by atoms with Crippen LogP contribution >= 0.6 is 11.3 Å². The molecule has 0 spiro atoms. The van der Waals surface area contributed by atoms with Gasteiger partial charge in [-0.2, -0.15) is 0 Å². The summed E-state index contributed by atoms with van der Waals surface area (Å²) in [5, 5.41) is 21.4. The molecule has 4 nitrogen and oxygen atoms in total. The van der Waals surface area contributed by atoms with Gasteiger partial charge in [-0.25, -0.2) is 0 Å². The molecule has 76 valence electrons. The topological polar surface area (TPSA) is 63.4 Å². The first-order valence-corrected chi connectivity index (χ1v) is 4.98. The number of nitrogens with zero attached hydrogens (tertiary/aromatic N) is 1. The third-order valence-electron chi connectivity index (χ3n) is 1.84. The van der Waals surface area contributed by atoms with Crippen LogP contribution < -0.4 is 0 Å². The van der Waals surface area contributed by atoms with Crippen LogP contribution in [0.1, 0.15) is 19.4 Å². The highest BCUT2D eigenvalue weighted by Crippen LogP contribution is 2.24. The smallest absolute Gasteiger partial charge is 0.324 e. The third-order valence-corrected chi connectivity index (χ3v) is 2.74. The predicted molar refractivity (Wildman–Crippen MR) is 56.3 cm³/mol. The van der Waals surface area contributed by atoms with E-state index in [4.69, 9.17) is 0 Å². The average molecular weight is 213 g/mol. The van der Waals surface area contributed by atoms with Crippen molar-refractivity contribution >= 4 is 22.4 Å². The molecule has 1 heterocycles. The molecule has 0 saturated heterocycles. The molecule has 0 aromatic carbocycles. The molecule has 1 unspecified atom stereocenters. The average Bonchev–Trinajstić information content (AvgIpc) is 2.52. The monoisotopic (exact) mass is 213 g/mol. The second kappa shape index (κ2) is 4.34. The lowest BCUT2D eigenvalue weighted by atomic mass is 10.1. The fourth-order valence-electron chi connectivity index (χ4n) is 0.894. The van der Waals surface area contributed by atoms with Crippen LogP contribution in [0.2, 0.25) is 0 Å². The first kappa shape index (κ1) is 10.9. The Morgan fingerprint density at radius 2 is 2.43 bits per heavy atom. The van der Waals surface area contributed by atoms with Crippen LogP contribution in [-0.2, 0) is 0 Å². The van der Waals surface area contributed by atoms with Crippen molar-refractivity contribution in [1.29, 1.82) is 0 Å². The first-order valence-electron chi connectivity index (χ1n) is 4.10. The maximum atomic E-state index is 10.4. The highest BCUT2D eigenvalue weighted by Gasteiger charge is 2.08. The summed E-state index contributed by atoms with van der Waals surface area (Å²) in [4.78, 5) is 9.96. The minimum atomic E-state index is -0.519. The summed E-state index contributed by atoms with van der Waals surface area (Å²) >= 11 is 1.09. The van der Waals surface area contributed by atoms with Crippen LogP contribution in [0.3, 0.4) is 0 Å². The Bertz CT molecular complexity index is 368. The van der Waals surface area contributed by atoms with Crippen LogP contribution in [-0.4, -0.2) is 16.1 Å². The number of nitro groups is 1. The molecule has 0 bridgehead atoms. The third kappa shape index (κ3) is 2.65. The number of rotatable bonds is 3. The molecule has 0 fully saturated rings. The Hall–Kier alpha value is -1.20. The van der Waals surface area contributed by atoms with E-state index in [0.717, 1.165) is 22.5 Å². The molecule has 1 aromatic heterocycles. The first-order chi connectivity index (χ1) is 6.50. The standard InChI is InChI=1S/C9H11NO3S/c1-6(7(2)11)3-8-4-9(10(12)13)14-5-8/h3-5,7,11H,1-2H3/b6-3+. The van der Waals surface area contributed by atoms with Crippen molar-refractivity contribution in [3.63, 3.8) is 0 Å². The summed E-state index contributed by atoms with van der Waals surface area (Å²) in [6.45, 7) is 3.45. The van der Waals surface area contributed by atoms with Crippen molar-refractivity contribution in [3.05, 3.63) is 32.7 Å². The van der Waals surface area contributed by atoms with E-state index in [1.54, 1.807) is 25.3 Å². The van der Waals surface area contributed by atoms with Gasteiger partial charge in [0.15, 0.2) is 0 Å². The number of aliphatic hydroxyl groups is 1. The minimum absolute atomic E-state index is 0.120. The van der Waals surface area contributed by atoms with Gasteiger partial charge < -0.3 is 5.11 Å². The number of aliphatic hydroxyl groups excluding tert-OH is 1. The molecule has 0 saturated carbocycles. The maximum absolute atomic E-state index is 10.4. The second-order valence-electron chi connectivity index (χ2n) is 3.04. The van der Waals surface area contributed by atoms with Gasteiger partial charge in [-0.15, -0.1) is 0 Å². The van der Waals surface area contributed by atoms with E-state index in [2.05, 4.69) is 0 Å². The summed E-state index contributed by atoms with van der Waals surface area (Å²) in [6, 6.07) is 1.50. The Balaban J connectivity index is 2.88. The van der Waals surface area contributed by atoms with Gasteiger partial charge in [0.1, 0.15) is 0 Å². The Kier molecular flexibility index (Phi) is 3.38. The Labute approximate surface area is 85.7 Å². The molecule has 5 heteroatoms. The lowest BCUT2D eigenvalue weighted by Crippen LogP contribution is -1.99. The fourth-order valence-corrected chi connectivity index (χ4v) is 1.58. The summed E-state index contributed by atoms with van der Waals surface area (Å²) < 4.78 is 0. The molecule has 1 rings (SSSR count). The van der Waals surface area contributed by atoms with E-state index in [1.807, 2.05) is 0 Å². The zero-order valence-corrected chi connectivity index (χ0v) is 8.75. The van der Waals surface area contributed by atoms with Gasteiger partial charge in [-0.1, -0.05) is 17.4 Å². The van der Waals surface area contributed by atoms with Crippen LogP contribution in [0.4, 0.5) is 5.00 Å². The molecule has 14 heavy (non-hydrogen) atoms. The Morgan fingerprint density at radius 1 is 1.79 bits per heavy atom. The minimum Gasteiger partial charge on any atom is -0.389 e. The van der Waals surface area contributed by atoms with Crippen LogP contribution in [0.15, 0.2) is 17.0 Å². The van der Waals surface area contributed by atoms with Crippen molar-refractivity contribution in [2.75, 3.05) is 0 Å². The van der Waals surface area contributed by atoms with E-state index >= 15 is 0 Å². The molecule has 0 aliphatic rings. The van der Waals surface area contributed by atoms with Crippen molar-refractivity contribution in [2.24, 2.45) is 0 Å². The fraction of sp³-hybridized carbons (Fsp3) is 0.333. The van der Waals surface area contributed by atoms with E-state index in [1.165, 1.54) is 6.07 Å². The zero-order chi connectivity index (χ0) is 10.7. The molecule has 1 N–H and O–H groups in total. The molecule has 1 atom stereocenters. The number of hydrogen-bond acceptors (Lipinski definition) is 4. The number of thiophene rings is 1. The molecular weight excluding hydrogens is 202 g/mol. The van der Waals surface area contributed by atoms with E-state index in [0.29, 0.717) is 0 Å². The largest absolute Gasteiger partial charge is 0.389 e. The predicted octanol–water partition coefficient (Wildman–Crippen LogP) is 2.44. The molecule has 0 aliphatic carbocycles. The van der Waals surface area contributed by atoms with Crippen LogP contribution in [0.5, 0.6) is 0 Å². The van der Waals surface area contributed by atoms with Crippen molar-refractivity contribution in [3.8, 4) is 0 Å². The lowest BCUT2D eigenvalue weighted by Gasteiger charge is -2.01. The SMILES string of the molecule is C/C(=C\c1csc([N+](=O)[O-])c1)C(C)O. The van der Waals surface area contributed by atoms with Gasteiger partial charge >= 0.3 is 5.00 Å². The van der Waals surface area contributed by atoms with E-state index < -0.39 is 11.0 Å². The van der Waals surface area contributed by atoms with Gasteiger partial charge in [0.25, 0.3) is 0 Å². The van der Waals surface area contributed by atoms with Crippen molar-refractivity contribution in [2.45, 2.75) is 20.0 Å². The number of hydrogen-bond donors (Lipinski definition) is 1. The molecule has 0 amide bonds. The van der Waals surface area contributed by atoms with Crippen molar-refractivity contribution < 1.29 is 10.0 Å². The van der Waals surface area contributed by atoms with Gasteiger partial charge in [-0.3, -0.25) is 10.1 Å². The normalized spacial score (nSPS) is 14.1. The second-order valence-corrected chi connectivity index (χ2v) is 3.93. The maximum Gasteiger partial charge on any atom is 0.324 e. The molecule has 1 aromatic rings. The van der Waals surface area contributed by atoms with Crippen molar-refractivity contribution in [1.82, 2.24) is 0 Å². The van der Waals surface area contributed by atoms with Crippen LogP contribution in [0, 0.1) is 10.1 Å². The quantitative estimate of drug-likeness (QED) is 0.619. The highest BCUT2D eigenvalue weighted by molar-refractivity contribution is 7.13. The Morgan fingerprint density at radius 3 is 2.86 bits per heavy atom. The van der Waals surface area contributed by atoms with E-state index in [-0.39, 0.29) is 5.00 Å². The summed E-state index contributed by atoms with van der Waals surface area (Å²) in [6.07, 6.45) is 1.22. The van der Waals surface area contributed by atoms with E-state index in [9.17, 15) is 15.2 Å². The van der Waals surface area contributed by atoms with Gasteiger partial charge in [-0.05, 0) is 25.0 Å². The molecule has 0 radical (unpaired) electrons. The van der Waals surface area contributed by atoms with Gasteiger partial charge in [0.2, 0.25) is 0 Å². The summed E-state index contributed by atoms with van der Waals surface area (Å²) in [5.74, 6) is 0. The van der Waals surface area contributed by atoms with Gasteiger partial charge in [0.05, 0.1) is 11.0 Å².